The molecule has 14 heavy (non-hydrogen) atoms. The Bertz CT molecular complexity index is 337. The van der Waals surface area contributed by atoms with E-state index in [4.69, 9.17) is 10.9 Å². The summed E-state index contributed by atoms with van der Waals surface area (Å²) in [5.74, 6) is 0.161. The molecule has 3 nitrogen and oxygen atoms in total. The molecular weight excluding hydrogens is 196 g/mol. The second kappa shape index (κ2) is 4.91. The first-order valence-corrected chi connectivity index (χ1v) is 5.26. The lowest BCUT2D eigenvalue weighted by atomic mass is 10.2. The average Bonchev–Trinajstić information content (AvgIpc) is 2.16. The largest absolute Gasteiger partial charge is 0.409 e. The van der Waals surface area contributed by atoms with Gasteiger partial charge in [-0.3, -0.25) is 0 Å². The van der Waals surface area contributed by atoms with Crippen molar-refractivity contribution in [2.45, 2.75) is 24.0 Å². The van der Waals surface area contributed by atoms with Crippen LogP contribution in [0, 0.1) is 0 Å². The zero-order chi connectivity index (χ0) is 10.6. The van der Waals surface area contributed by atoms with Crippen LogP contribution in [0.1, 0.15) is 19.4 Å². The minimum atomic E-state index is 0.161. The van der Waals surface area contributed by atoms with Crippen molar-refractivity contribution in [3.63, 3.8) is 0 Å². The van der Waals surface area contributed by atoms with Gasteiger partial charge in [0, 0.05) is 15.7 Å². The van der Waals surface area contributed by atoms with Crippen LogP contribution in [0.15, 0.2) is 34.3 Å². The smallest absolute Gasteiger partial charge is 0.171 e. The summed E-state index contributed by atoms with van der Waals surface area (Å²) >= 11 is 1.70. The molecule has 0 aliphatic heterocycles. The summed E-state index contributed by atoms with van der Waals surface area (Å²) in [6, 6.07) is 7.63. The highest BCUT2D eigenvalue weighted by Crippen LogP contribution is 2.26. The molecule has 0 atom stereocenters. The first-order valence-electron chi connectivity index (χ1n) is 4.38. The number of oxime groups is 1. The van der Waals surface area contributed by atoms with Crippen molar-refractivity contribution in [2.24, 2.45) is 10.9 Å². The van der Waals surface area contributed by atoms with E-state index in [0.29, 0.717) is 5.25 Å². The van der Waals surface area contributed by atoms with Crippen molar-refractivity contribution in [1.29, 1.82) is 0 Å². The van der Waals surface area contributed by atoms with Gasteiger partial charge in [0.2, 0.25) is 0 Å². The molecule has 0 amide bonds. The van der Waals surface area contributed by atoms with E-state index in [2.05, 4.69) is 19.0 Å². The van der Waals surface area contributed by atoms with Gasteiger partial charge in [-0.25, -0.2) is 0 Å². The van der Waals surface area contributed by atoms with Crippen molar-refractivity contribution in [3.05, 3.63) is 29.8 Å². The Morgan fingerprint density at radius 3 is 2.64 bits per heavy atom. The molecule has 0 heterocycles. The number of thioether (sulfide) groups is 1. The third-order valence-electron chi connectivity index (χ3n) is 1.63. The Hall–Kier alpha value is -1.16. The molecule has 4 heteroatoms. The lowest BCUT2D eigenvalue weighted by Gasteiger charge is -2.09. The molecule has 76 valence electrons. The van der Waals surface area contributed by atoms with Crippen molar-refractivity contribution in [1.82, 2.24) is 0 Å². The van der Waals surface area contributed by atoms with Gasteiger partial charge in [-0.1, -0.05) is 37.2 Å². The van der Waals surface area contributed by atoms with Crippen molar-refractivity contribution in [3.8, 4) is 0 Å². The average molecular weight is 210 g/mol. The summed E-state index contributed by atoms with van der Waals surface area (Å²) < 4.78 is 0. The van der Waals surface area contributed by atoms with Gasteiger partial charge in [-0.05, 0) is 6.07 Å². The molecule has 1 aromatic rings. The van der Waals surface area contributed by atoms with E-state index in [-0.39, 0.29) is 5.84 Å². The summed E-state index contributed by atoms with van der Waals surface area (Å²) in [6.07, 6.45) is 0. The van der Waals surface area contributed by atoms with Gasteiger partial charge >= 0.3 is 0 Å². The Morgan fingerprint density at radius 1 is 1.43 bits per heavy atom. The van der Waals surface area contributed by atoms with Crippen LogP contribution in [0.3, 0.4) is 0 Å². The maximum atomic E-state index is 8.60. The van der Waals surface area contributed by atoms with Gasteiger partial charge in [-0.2, -0.15) is 0 Å². The SMILES string of the molecule is CC(C)Sc1ccccc1/C(N)=N/O. The van der Waals surface area contributed by atoms with Gasteiger partial charge in [0.05, 0.1) is 0 Å². The fraction of sp³-hybridized carbons (Fsp3) is 0.300. The molecule has 0 saturated heterocycles. The molecule has 0 radical (unpaired) electrons. The standard InChI is InChI=1S/C10H14N2OS/c1-7(2)14-9-6-4-3-5-8(9)10(11)12-13/h3-7,13H,1-2H3,(H2,11,12). The highest BCUT2D eigenvalue weighted by atomic mass is 32.2. The first-order chi connectivity index (χ1) is 6.65. The second-order valence-electron chi connectivity index (χ2n) is 3.15. The topological polar surface area (TPSA) is 58.6 Å². The van der Waals surface area contributed by atoms with Crippen molar-refractivity contribution >= 4 is 17.6 Å². The van der Waals surface area contributed by atoms with Crippen LogP contribution in [0.25, 0.3) is 0 Å². The van der Waals surface area contributed by atoms with Gasteiger partial charge in [0.1, 0.15) is 0 Å². The summed E-state index contributed by atoms with van der Waals surface area (Å²) in [7, 11) is 0. The maximum Gasteiger partial charge on any atom is 0.171 e. The summed E-state index contributed by atoms with van der Waals surface area (Å²) in [5, 5.41) is 12.1. The number of amidine groups is 1. The normalized spacial score (nSPS) is 12.1. The molecule has 0 saturated carbocycles. The van der Waals surface area contributed by atoms with E-state index in [0.717, 1.165) is 10.5 Å². The molecule has 0 unspecified atom stereocenters. The summed E-state index contributed by atoms with van der Waals surface area (Å²) in [5.41, 5.74) is 6.34. The number of rotatable bonds is 3. The van der Waals surface area contributed by atoms with E-state index in [9.17, 15) is 0 Å². The zero-order valence-corrected chi connectivity index (χ0v) is 9.08. The molecule has 3 N–H and O–H groups in total. The van der Waals surface area contributed by atoms with Gasteiger partial charge in [0.25, 0.3) is 0 Å². The number of hydrogen-bond donors (Lipinski definition) is 2. The number of benzene rings is 1. The molecule has 1 rings (SSSR count). The molecule has 1 aromatic carbocycles. The van der Waals surface area contributed by atoms with E-state index in [1.54, 1.807) is 11.8 Å². The lowest BCUT2D eigenvalue weighted by Crippen LogP contribution is -2.14. The Balaban J connectivity index is 3.03. The van der Waals surface area contributed by atoms with Crippen LogP contribution in [0.2, 0.25) is 0 Å². The minimum Gasteiger partial charge on any atom is -0.409 e. The van der Waals surface area contributed by atoms with Crippen LogP contribution in [-0.2, 0) is 0 Å². The van der Waals surface area contributed by atoms with Crippen LogP contribution in [0.5, 0.6) is 0 Å². The van der Waals surface area contributed by atoms with Gasteiger partial charge in [-0.15, -0.1) is 11.8 Å². The fourth-order valence-electron chi connectivity index (χ4n) is 1.09. The summed E-state index contributed by atoms with van der Waals surface area (Å²) in [6.45, 7) is 4.21. The van der Waals surface area contributed by atoms with Crippen LogP contribution >= 0.6 is 11.8 Å². The number of nitrogens with two attached hydrogens (primary N) is 1. The maximum absolute atomic E-state index is 8.60. The monoisotopic (exact) mass is 210 g/mol. The van der Waals surface area contributed by atoms with E-state index < -0.39 is 0 Å². The molecule has 0 aliphatic carbocycles. The van der Waals surface area contributed by atoms with Gasteiger partial charge in [0.15, 0.2) is 5.84 Å². The summed E-state index contributed by atoms with van der Waals surface area (Å²) in [4.78, 5) is 1.04. The highest BCUT2D eigenvalue weighted by Gasteiger charge is 2.07. The van der Waals surface area contributed by atoms with Crippen molar-refractivity contribution in [2.75, 3.05) is 0 Å². The molecule has 0 bridgehead atoms. The second-order valence-corrected chi connectivity index (χ2v) is 4.77. The third-order valence-corrected chi connectivity index (χ3v) is 2.71. The molecule has 0 fully saturated rings. The van der Waals surface area contributed by atoms with Crippen molar-refractivity contribution < 1.29 is 5.21 Å². The molecular formula is C10H14N2OS. The molecule has 0 aromatic heterocycles. The van der Waals surface area contributed by atoms with E-state index in [1.807, 2.05) is 24.3 Å². The first kappa shape index (κ1) is 10.9. The van der Waals surface area contributed by atoms with Gasteiger partial charge < -0.3 is 10.9 Å². The van der Waals surface area contributed by atoms with E-state index in [1.165, 1.54) is 0 Å². The third kappa shape index (κ3) is 2.67. The Kier molecular flexibility index (Phi) is 3.83. The number of hydrogen-bond acceptors (Lipinski definition) is 3. The van der Waals surface area contributed by atoms with E-state index >= 15 is 0 Å². The Morgan fingerprint density at radius 2 is 2.07 bits per heavy atom. The van der Waals surface area contributed by atoms with Crippen LogP contribution in [-0.4, -0.2) is 16.3 Å². The Labute approximate surface area is 88.0 Å². The zero-order valence-electron chi connectivity index (χ0n) is 8.27. The predicted octanol–water partition coefficient (Wildman–Crippen LogP) is 2.28. The molecule has 0 spiro atoms. The highest BCUT2D eigenvalue weighted by molar-refractivity contribution is 8.00. The molecule has 0 aliphatic rings. The van der Waals surface area contributed by atoms with Crippen LogP contribution in [0.4, 0.5) is 0 Å². The van der Waals surface area contributed by atoms with Crippen LogP contribution < -0.4 is 5.73 Å². The predicted molar refractivity (Wildman–Crippen MR) is 59.9 cm³/mol. The quantitative estimate of drug-likeness (QED) is 0.264. The fourth-order valence-corrected chi connectivity index (χ4v) is 2.05. The lowest BCUT2D eigenvalue weighted by molar-refractivity contribution is 0.318. The number of nitrogens with zero attached hydrogens (tertiary/aromatic N) is 1. The minimum absolute atomic E-state index is 0.161.